The molecule has 0 aliphatic carbocycles. The smallest absolute Gasteiger partial charge is 0.255 e. The van der Waals surface area contributed by atoms with Crippen LogP contribution in [0, 0.1) is 6.92 Å². The van der Waals surface area contributed by atoms with E-state index in [2.05, 4.69) is 10.6 Å². The molecule has 27 heavy (non-hydrogen) atoms. The lowest BCUT2D eigenvalue weighted by atomic mass is 10.1. The van der Waals surface area contributed by atoms with E-state index >= 15 is 0 Å². The van der Waals surface area contributed by atoms with E-state index in [1.165, 1.54) is 0 Å². The van der Waals surface area contributed by atoms with Gasteiger partial charge in [0.2, 0.25) is 5.91 Å². The summed E-state index contributed by atoms with van der Waals surface area (Å²) in [6.07, 6.45) is 4.55. The van der Waals surface area contributed by atoms with Crippen molar-refractivity contribution in [2.45, 2.75) is 45.6 Å². The van der Waals surface area contributed by atoms with Crippen LogP contribution >= 0.6 is 0 Å². The van der Waals surface area contributed by atoms with Crippen molar-refractivity contribution >= 4 is 17.5 Å². The van der Waals surface area contributed by atoms with E-state index in [1.54, 1.807) is 0 Å². The highest BCUT2D eigenvalue weighted by molar-refractivity contribution is 6.04. The van der Waals surface area contributed by atoms with Gasteiger partial charge in [-0.3, -0.25) is 9.59 Å². The summed E-state index contributed by atoms with van der Waals surface area (Å²) >= 11 is 0. The lowest BCUT2D eigenvalue weighted by Gasteiger charge is -2.09. The average Bonchev–Trinajstić information content (AvgIpc) is 2.67. The minimum Gasteiger partial charge on any atom is -0.352 e. The van der Waals surface area contributed by atoms with Crippen LogP contribution in [0.5, 0.6) is 0 Å². The van der Waals surface area contributed by atoms with E-state index in [9.17, 15) is 9.59 Å². The number of benzene rings is 2. The first-order chi connectivity index (χ1) is 13.1. The minimum atomic E-state index is -0.145. The number of nitrogens with two attached hydrogens (primary N) is 1. The van der Waals surface area contributed by atoms with Gasteiger partial charge in [0.25, 0.3) is 5.91 Å². The number of unbranched alkanes of at least 4 members (excludes halogenated alkanes) is 3. The summed E-state index contributed by atoms with van der Waals surface area (Å²) in [7, 11) is 0. The number of anilines is 1. The summed E-state index contributed by atoms with van der Waals surface area (Å²) < 4.78 is 0. The second-order valence-electron chi connectivity index (χ2n) is 6.75. The maximum atomic E-state index is 12.3. The molecule has 0 saturated heterocycles. The van der Waals surface area contributed by atoms with Gasteiger partial charge >= 0.3 is 0 Å². The second-order valence-corrected chi connectivity index (χ2v) is 6.75. The molecule has 144 valence electrons. The van der Waals surface area contributed by atoms with Crippen molar-refractivity contribution in [3.8, 4) is 0 Å². The Balaban J connectivity index is 1.80. The molecule has 4 N–H and O–H groups in total. The van der Waals surface area contributed by atoms with E-state index in [0.717, 1.165) is 36.8 Å². The van der Waals surface area contributed by atoms with E-state index in [-0.39, 0.29) is 11.8 Å². The fourth-order valence-electron chi connectivity index (χ4n) is 2.74. The summed E-state index contributed by atoms with van der Waals surface area (Å²) in [6.45, 7) is 3.15. The van der Waals surface area contributed by atoms with Crippen molar-refractivity contribution in [1.82, 2.24) is 5.32 Å². The highest BCUT2D eigenvalue weighted by Gasteiger charge is 2.07. The largest absolute Gasteiger partial charge is 0.352 e. The summed E-state index contributed by atoms with van der Waals surface area (Å²) in [5, 5.41) is 5.83. The first-order valence-corrected chi connectivity index (χ1v) is 9.52. The number of amides is 2. The zero-order chi connectivity index (χ0) is 19.5. The Kier molecular flexibility index (Phi) is 8.52. The molecule has 0 saturated carbocycles. The second kappa shape index (κ2) is 11.1. The fraction of sp³-hybridized carbons (Fsp3) is 0.364. The molecule has 2 aromatic rings. The number of rotatable bonds is 10. The molecule has 2 aromatic carbocycles. The normalized spacial score (nSPS) is 10.4. The van der Waals surface area contributed by atoms with Crippen LogP contribution in [0.1, 0.15) is 53.6 Å². The molecule has 0 radical (unpaired) electrons. The molecule has 0 heterocycles. The third-order valence-corrected chi connectivity index (χ3v) is 4.35. The Morgan fingerprint density at radius 1 is 0.963 bits per heavy atom. The molecular weight excluding hydrogens is 338 g/mol. The summed E-state index contributed by atoms with van der Waals surface area (Å²) in [5.74, 6) is -0.0921. The fourth-order valence-corrected chi connectivity index (χ4v) is 2.74. The number of carbonyl (C=O) groups excluding carboxylic acids is 2. The van der Waals surface area contributed by atoms with Gasteiger partial charge in [-0.25, -0.2) is 0 Å². The molecule has 0 fully saturated rings. The van der Waals surface area contributed by atoms with Gasteiger partial charge in [0, 0.05) is 24.2 Å². The van der Waals surface area contributed by atoms with Crippen molar-refractivity contribution in [1.29, 1.82) is 0 Å². The van der Waals surface area contributed by atoms with Crippen molar-refractivity contribution < 1.29 is 9.59 Å². The van der Waals surface area contributed by atoms with Crippen LogP contribution in [-0.2, 0) is 11.3 Å². The summed E-state index contributed by atoms with van der Waals surface area (Å²) in [6, 6.07) is 15.0. The number of nitrogens with one attached hydrogen (secondary N) is 2. The van der Waals surface area contributed by atoms with Crippen molar-refractivity contribution in [2.24, 2.45) is 5.73 Å². The molecule has 0 bridgehead atoms. The van der Waals surface area contributed by atoms with E-state index in [0.29, 0.717) is 30.8 Å². The zero-order valence-electron chi connectivity index (χ0n) is 16.0. The average molecular weight is 367 g/mol. The molecular formula is C22H29N3O2. The van der Waals surface area contributed by atoms with Crippen LogP contribution in [0.2, 0.25) is 0 Å². The van der Waals surface area contributed by atoms with Crippen LogP contribution < -0.4 is 16.4 Å². The zero-order valence-corrected chi connectivity index (χ0v) is 16.0. The first-order valence-electron chi connectivity index (χ1n) is 9.52. The van der Waals surface area contributed by atoms with Gasteiger partial charge in [-0.15, -0.1) is 0 Å². The SMILES string of the molecule is Cc1ccc(C(=O)Nc2cccc(CNC(=O)CCCCCCN)c2)cc1. The van der Waals surface area contributed by atoms with Crippen LogP contribution in [0.3, 0.4) is 0 Å². The minimum absolute atomic E-state index is 0.0526. The predicted octanol–water partition coefficient (Wildman–Crippen LogP) is 3.77. The Labute approximate surface area is 161 Å². The van der Waals surface area contributed by atoms with Gasteiger partial charge in [-0.2, -0.15) is 0 Å². The third-order valence-electron chi connectivity index (χ3n) is 4.35. The molecule has 2 rings (SSSR count). The molecule has 5 nitrogen and oxygen atoms in total. The van der Waals surface area contributed by atoms with Gasteiger partial charge in [-0.05, 0) is 56.1 Å². The monoisotopic (exact) mass is 367 g/mol. The Hall–Kier alpha value is -2.66. The molecule has 0 spiro atoms. The van der Waals surface area contributed by atoms with Gasteiger partial charge in [-0.1, -0.05) is 42.7 Å². The van der Waals surface area contributed by atoms with E-state index < -0.39 is 0 Å². The molecule has 0 aliphatic heterocycles. The number of hydrogen-bond acceptors (Lipinski definition) is 3. The Morgan fingerprint density at radius 2 is 1.70 bits per heavy atom. The highest BCUT2D eigenvalue weighted by Crippen LogP contribution is 2.13. The quantitative estimate of drug-likeness (QED) is 0.559. The van der Waals surface area contributed by atoms with Crippen LogP contribution in [0.15, 0.2) is 48.5 Å². The van der Waals surface area contributed by atoms with Gasteiger partial charge in [0.15, 0.2) is 0 Å². The molecule has 0 unspecified atom stereocenters. The van der Waals surface area contributed by atoms with E-state index in [4.69, 9.17) is 5.73 Å². The Bertz CT molecular complexity index is 741. The molecule has 0 aliphatic rings. The van der Waals surface area contributed by atoms with Gasteiger partial charge < -0.3 is 16.4 Å². The van der Waals surface area contributed by atoms with Crippen LogP contribution in [0.4, 0.5) is 5.69 Å². The van der Waals surface area contributed by atoms with Crippen molar-refractivity contribution in [2.75, 3.05) is 11.9 Å². The number of hydrogen-bond donors (Lipinski definition) is 3. The van der Waals surface area contributed by atoms with Crippen LogP contribution in [-0.4, -0.2) is 18.4 Å². The molecule has 0 atom stereocenters. The Morgan fingerprint density at radius 3 is 2.44 bits per heavy atom. The lowest BCUT2D eigenvalue weighted by molar-refractivity contribution is -0.121. The van der Waals surface area contributed by atoms with E-state index in [1.807, 2.05) is 55.5 Å². The molecule has 0 aromatic heterocycles. The maximum absolute atomic E-state index is 12.3. The number of carbonyl (C=O) groups is 2. The van der Waals surface area contributed by atoms with Crippen molar-refractivity contribution in [3.05, 3.63) is 65.2 Å². The molecule has 2 amide bonds. The molecule has 5 heteroatoms. The standard InChI is InChI=1S/C22H29N3O2/c1-17-10-12-19(13-11-17)22(27)25-20-8-6-7-18(15-20)16-24-21(26)9-4-2-3-5-14-23/h6-8,10-13,15H,2-5,9,14,16,23H2,1H3,(H,24,26)(H,25,27). The maximum Gasteiger partial charge on any atom is 0.255 e. The van der Waals surface area contributed by atoms with Crippen molar-refractivity contribution in [3.63, 3.8) is 0 Å². The predicted molar refractivity (Wildman–Crippen MR) is 110 cm³/mol. The third kappa shape index (κ3) is 7.62. The number of aryl methyl sites for hydroxylation is 1. The summed E-state index contributed by atoms with van der Waals surface area (Å²) in [5.41, 5.74) is 8.86. The summed E-state index contributed by atoms with van der Waals surface area (Å²) in [4.78, 5) is 24.2. The highest BCUT2D eigenvalue weighted by atomic mass is 16.2. The van der Waals surface area contributed by atoms with Gasteiger partial charge in [0.05, 0.1) is 0 Å². The van der Waals surface area contributed by atoms with Crippen LogP contribution in [0.25, 0.3) is 0 Å². The topological polar surface area (TPSA) is 84.2 Å². The lowest BCUT2D eigenvalue weighted by Crippen LogP contribution is -2.22. The van der Waals surface area contributed by atoms with Gasteiger partial charge in [0.1, 0.15) is 0 Å². The first kappa shape index (κ1) is 20.6.